The molecule has 140 valence electrons. The van der Waals surface area contributed by atoms with Crippen LogP contribution in [0.25, 0.3) is 6.08 Å². The summed E-state index contributed by atoms with van der Waals surface area (Å²) >= 11 is 6.74. The molecule has 2 saturated heterocycles. The second-order valence-corrected chi connectivity index (χ2v) is 7.55. The minimum Gasteiger partial charge on any atom is -0.493 e. The van der Waals surface area contributed by atoms with Crippen LogP contribution >= 0.6 is 24.0 Å². The Bertz CT molecular complexity index is 717. The fourth-order valence-electron chi connectivity index (χ4n) is 2.93. The zero-order valence-corrected chi connectivity index (χ0v) is 16.5. The minimum absolute atomic E-state index is 0.0573. The molecule has 1 amide bonds. The molecule has 3 rings (SSSR count). The Hall–Kier alpha value is -1.61. The number of morpholine rings is 1. The van der Waals surface area contributed by atoms with E-state index in [1.807, 2.05) is 24.3 Å². The van der Waals surface area contributed by atoms with Crippen molar-refractivity contribution in [1.82, 2.24) is 9.80 Å². The molecule has 2 aliphatic heterocycles. The summed E-state index contributed by atoms with van der Waals surface area (Å²) in [5.41, 5.74) is 0.792. The standard InChI is InChI=1S/C18H22N2O4S2/c1-22-14-5-3-4-13(16(14)23-2)12-15-17(21)20(18(25)26-15)7-6-19-8-10-24-11-9-19/h3-5,12H,6-11H2,1-2H3. The minimum atomic E-state index is -0.0573. The van der Waals surface area contributed by atoms with Gasteiger partial charge in [-0.3, -0.25) is 14.6 Å². The largest absolute Gasteiger partial charge is 0.493 e. The van der Waals surface area contributed by atoms with Crippen molar-refractivity contribution in [1.29, 1.82) is 0 Å². The average Bonchev–Trinajstić information content (AvgIpc) is 2.93. The van der Waals surface area contributed by atoms with Gasteiger partial charge in [0.2, 0.25) is 0 Å². The summed E-state index contributed by atoms with van der Waals surface area (Å²) in [5.74, 6) is 1.18. The van der Waals surface area contributed by atoms with Crippen molar-refractivity contribution in [3.63, 3.8) is 0 Å². The van der Waals surface area contributed by atoms with E-state index in [1.165, 1.54) is 11.8 Å². The molecule has 0 N–H and O–H groups in total. The molecule has 0 bridgehead atoms. The van der Waals surface area contributed by atoms with Crippen LogP contribution in [0.3, 0.4) is 0 Å². The fraction of sp³-hybridized carbons (Fsp3) is 0.444. The maximum Gasteiger partial charge on any atom is 0.266 e. The number of hydrogen-bond donors (Lipinski definition) is 0. The van der Waals surface area contributed by atoms with Crippen LogP contribution in [0.2, 0.25) is 0 Å². The molecular weight excluding hydrogens is 372 g/mol. The summed E-state index contributed by atoms with van der Waals surface area (Å²) in [7, 11) is 3.18. The Labute approximate surface area is 163 Å². The predicted octanol–water partition coefficient (Wildman–Crippen LogP) is 2.24. The van der Waals surface area contributed by atoms with Gasteiger partial charge < -0.3 is 14.2 Å². The lowest BCUT2D eigenvalue weighted by Gasteiger charge is -2.28. The average molecular weight is 395 g/mol. The van der Waals surface area contributed by atoms with Crippen molar-refractivity contribution in [2.75, 3.05) is 53.6 Å². The number of carbonyl (C=O) groups is 1. The molecule has 0 atom stereocenters. The fourth-order valence-corrected chi connectivity index (χ4v) is 4.23. The van der Waals surface area contributed by atoms with Gasteiger partial charge in [0.05, 0.1) is 32.3 Å². The zero-order chi connectivity index (χ0) is 18.5. The molecule has 1 aromatic rings. The number of nitrogens with zero attached hydrogens (tertiary/aromatic N) is 2. The molecule has 0 aromatic heterocycles. The van der Waals surface area contributed by atoms with E-state index in [0.717, 1.165) is 38.4 Å². The number of methoxy groups -OCH3 is 2. The van der Waals surface area contributed by atoms with Gasteiger partial charge in [0, 0.05) is 31.7 Å². The number of thiocarbonyl (C=S) groups is 1. The highest BCUT2D eigenvalue weighted by atomic mass is 32.2. The Balaban J connectivity index is 1.73. The van der Waals surface area contributed by atoms with Gasteiger partial charge >= 0.3 is 0 Å². The zero-order valence-electron chi connectivity index (χ0n) is 14.9. The van der Waals surface area contributed by atoms with Gasteiger partial charge in [-0.15, -0.1) is 0 Å². The van der Waals surface area contributed by atoms with Crippen molar-refractivity contribution in [2.24, 2.45) is 0 Å². The molecule has 2 fully saturated rings. The van der Waals surface area contributed by atoms with Gasteiger partial charge in [-0.25, -0.2) is 0 Å². The molecule has 2 aliphatic rings. The summed E-state index contributed by atoms with van der Waals surface area (Å²) < 4.78 is 16.7. The quantitative estimate of drug-likeness (QED) is 0.542. The third-order valence-corrected chi connectivity index (χ3v) is 5.71. The molecule has 26 heavy (non-hydrogen) atoms. The number of rotatable bonds is 6. The van der Waals surface area contributed by atoms with Crippen molar-refractivity contribution in [3.05, 3.63) is 28.7 Å². The van der Waals surface area contributed by atoms with Gasteiger partial charge in [0.25, 0.3) is 5.91 Å². The summed E-state index contributed by atoms with van der Waals surface area (Å²) in [6.45, 7) is 4.67. The second-order valence-electron chi connectivity index (χ2n) is 5.87. The highest BCUT2D eigenvalue weighted by molar-refractivity contribution is 8.26. The molecule has 0 spiro atoms. The number of thioether (sulfide) groups is 1. The Morgan fingerprint density at radius 1 is 1.23 bits per heavy atom. The summed E-state index contributed by atoms with van der Waals surface area (Å²) in [6, 6.07) is 5.58. The number of amides is 1. The van der Waals surface area contributed by atoms with E-state index in [9.17, 15) is 4.79 Å². The van der Waals surface area contributed by atoms with Crippen molar-refractivity contribution < 1.29 is 19.0 Å². The number of benzene rings is 1. The predicted molar refractivity (Wildman–Crippen MR) is 107 cm³/mol. The number of para-hydroxylation sites is 1. The van der Waals surface area contributed by atoms with Gasteiger partial charge in [-0.2, -0.15) is 0 Å². The van der Waals surface area contributed by atoms with E-state index >= 15 is 0 Å². The van der Waals surface area contributed by atoms with Crippen LogP contribution in [0.4, 0.5) is 0 Å². The molecule has 2 heterocycles. The first-order valence-electron chi connectivity index (χ1n) is 8.40. The van der Waals surface area contributed by atoms with E-state index in [0.29, 0.717) is 27.3 Å². The molecule has 0 saturated carbocycles. The maximum absolute atomic E-state index is 12.8. The lowest BCUT2D eigenvalue weighted by atomic mass is 10.1. The van der Waals surface area contributed by atoms with E-state index in [2.05, 4.69) is 4.90 Å². The Morgan fingerprint density at radius 2 is 2.00 bits per heavy atom. The highest BCUT2D eigenvalue weighted by Crippen LogP contribution is 2.37. The van der Waals surface area contributed by atoms with Gasteiger partial charge in [0.15, 0.2) is 11.5 Å². The third-order valence-electron chi connectivity index (χ3n) is 4.34. The monoisotopic (exact) mass is 394 g/mol. The first-order chi connectivity index (χ1) is 12.6. The molecule has 0 aliphatic carbocycles. The normalized spacial score (nSPS) is 20.1. The van der Waals surface area contributed by atoms with Crippen molar-refractivity contribution >= 4 is 40.3 Å². The van der Waals surface area contributed by atoms with Crippen LogP contribution in [-0.2, 0) is 9.53 Å². The first-order valence-corrected chi connectivity index (χ1v) is 9.63. The highest BCUT2D eigenvalue weighted by Gasteiger charge is 2.32. The van der Waals surface area contributed by atoms with Crippen LogP contribution < -0.4 is 9.47 Å². The van der Waals surface area contributed by atoms with E-state index in [4.69, 9.17) is 26.4 Å². The first kappa shape index (κ1) is 19.2. The SMILES string of the molecule is COc1cccc(C=C2SC(=S)N(CCN3CCOCC3)C2=O)c1OC. The summed E-state index contributed by atoms with van der Waals surface area (Å²) in [5, 5.41) is 0. The Morgan fingerprint density at radius 3 is 2.69 bits per heavy atom. The number of ether oxygens (including phenoxy) is 3. The lowest BCUT2D eigenvalue weighted by Crippen LogP contribution is -2.42. The van der Waals surface area contributed by atoms with E-state index in [-0.39, 0.29) is 5.91 Å². The van der Waals surface area contributed by atoms with Crippen LogP contribution in [0.1, 0.15) is 5.56 Å². The van der Waals surface area contributed by atoms with Crippen molar-refractivity contribution in [2.45, 2.75) is 0 Å². The number of hydrogen-bond acceptors (Lipinski definition) is 7. The number of carbonyl (C=O) groups excluding carboxylic acids is 1. The lowest BCUT2D eigenvalue weighted by molar-refractivity contribution is -0.122. The van der Waals surface area contributed by atoms with Crippen LogP contribution in [0.5, 0.6) is 11.5 Å². The molecule has 0 radical (unpaired) electrons. The van der Waals surface area contributed by atoms with E-state index < -0.39 is 0 Å². The van der Waals surface area contributed by atoms with Crippen LogP contribution in [0, 0.1) is 0 Å². The third kappa shape index (κ3) is 4.20. The van der Waals surface area contributed by atoms with Gasteiger partial charge in [-0.1, -0.05) is 36.1 Å². The molecule has 6 nitrogen and oxygen atoms in total. The van der Waals surface area contributed by atoms with E-state index in [1.54, 1.807) is 19.1 Å². The van der Waals surface area contributed by atoms with Gasteiger partial charge in [0.1, 0.15) is 4.32 Å². The molecular formula is C18H22N2O4S2. The smallest absolute Gasteiger partial charge is 0.266 e. The van der Waals surface area contributed by atoms with Crippen molar-refractivity contribution in [3.8, 4) is 11.5 Å². The van der Waals surface area contributed by atoms with Crippen LogP contribution in [0.15, 0.2) is 23.1 Å². The molecule has 0 unspecified atom stereocenters. The second kappa shape index (κ2) is 8.85. The summed E-state index contributed by atoms with van der Waals surface area (Å²) in [6.07, 6.45) is 1.81. The van der Waals surface area contributed by atoms with Gasteiger partial charge in [-0.05, 0) is 12.1 Å². The summed E-state index contributed by atoms with van der Waals surface area (Å²) in [4.78, 5) is 17.3. The molecule has 1 aromatic carbocycles. The maximum atomic E-state index is 12.8. The molecule has 8 heteroatoms. The Kier molecular flexibility index (Phi) is 6.53. The topological polar surface area (TPSA) is 51.2 Å². The van der Waals surface area contributed by atoms with Crippen LogP contribution in [-0.4, -0.2) is 73.6 Å².